The molecule has 0 aliphatic carbocycles. The Labute approximate surface area is 140 Å². The zero-order valence-corrected chi connectivity index (χ0v) is 13.2. The average molecular weight is 325 g/mol. The lowest BCUT2D eigenvalue weighted by atomic mass is 10.0. The van der Waals surface area contributed by atoms with Crippen molar-refractivity contribution in [3.8, 4) is 16.9 Å². The number of amides is 3. The molecular weight excluding hydrogens is 306 g/mol. The maximum absolute atomic E-state index is 11.5. The van der Waals surface area contributed by atoms with Crippen LogP contribution in [-0.2, 0) is 17.8 Å². The van der Waals surface area contributed by atoms with Crippen molar-refractivity contribution in [2.24, 2.45) is 5.73 Å². The molecule has 0 aromatic heterocycles. The number of hydrogen-bond donors (Lipinski definition) is 3. The minimum Gasteiger partial charge on any atom is -0.493 e. The van der Waals surface area contributed by atoms with Gasteiger partial charge in [0.1, 0.15) is 5.75 Å². The summed E-state index contributed by atoms with van der Waals surface area (Å²) in [5.74, 6) is 0.694. The summed E-state index contributed by atoms with van der Waals surface area (Å²) in [6, 6.07) is 13.5. The van der Waals surface area contributed by atoms with Crippen molar-refractivity contribution in [2.45, 2.75) is 13.0 Å². The van der Waals surface area contributed by atoms with Gasteiger partial charge in [0.15, 0.2) is 0 Å². The SMILES string of the molecule is NC(=O)NCC(=O)NCc1ccc(-c2ccc3c(c2)CCO3)cc1. The summed E-state index contributed by atoms with van der Waals surface area (Å²) in [4.78, 5) is 22.1. The molecule has 0 atom stereocenters. The number of benzene rings is 2. The summed E-state index contributed by atoms with van der Waals surface area (Å²) in [7, 11) is 0. The lowest BCUT2D eigenvalue weighted by Crippen LogP contribution is -2.39. The summed E-state index contributed by atoms with van der Waals surface area (Å²) in [5.41, 5.74) is 9.41. The van der Waals surface area contributed by atoms with Crippen molar-refractivity contribution < 1.29 is 14.3 Å². The van der Waals surface area contributed by atoms with E-state index in [4.69, 9.17) is 10.5 Å². The molecule has 1 aliphatic rings. The number of primary amides is 1. The molecule has 2 aromatic carbocycles. The van der Waals surface area contributed by atoms with Crippen LogP contribution in [0.3, 0.4) is 0 Å². The molecule has 3 rings (SSSR count). The highest BCUT2D eigenvalue weighted by Gasteiger charge is 2.12. The fourth-order valence-electron chi connectivity index (χ4n) is 2.61. The molecule has 1 heterocycles. The molecule has 2 aromatic rings. The van der Waals surface area contributed by atoms with Gasteiger partial charge < -0.3 is 21.1 Å². The van der Waals surface area contributed by atoms with E-state index in [2.05, 4.69) is 22.8 Å². The van der Waals surface area contributed by atoms with E-state index in [-0.39, 0.29) is 12.5 Å². The summed E-state index contributed by atoms with van der Waals surface area (Å²) in [5, 5.41) is 4.97. The molecule has 0 saturated heterocycles. The standard InChI is InChI=1S/C18H19N3O3/c19-18(23)21-11-17(22)20-10-12-1-3-13(4-2-12)14-5-6-16-15(9-14)7-8-24-16/h1-6,9H,7-8,10-11H2,(H,20,22)(H3,19,21,23). The van der Waals surface area contributed by atoms with Gasteiger partial charge in [-0.3, -0.25) is 4.79 Å². The molecule has 1 aliphatic heterocycles. The minimum absolute atomic E-state index is 0.120. The highest BCUT2D eigenvalue weighted by atomic mass is 16.5. The van der Waals surface area contributed by atoms with Crippen molar-refractivity contribution in [1.82, 2.24) is 10.6 Å². The van der Waals surface area contributed by atoms with E-state index in [9.17, 15) is 9.59 Å². The van der Waals surface area contributed by atoms with E-state index in [1.54, 1.807) is 0 Å². The minimum atomic E-state index is -0.714. The maximum atomic E-state index is 11.5. The van der Waals surface area contributed by atoms with Crippen LogP contribution in [0.5, 0.6) is 5.75 Å². The number of urea groups is 1. The molecule has 6 heteroatoms. The second-order valence-electron chi connectivity index (χ2n) is 5.61. The van der Waals surface area contributed by atoms with Gasteiger partial charge in [-0.1, -0.05) is 30.3 Å². The smallest absolute Gasteiger partial charge is 0.312 e. The normalized spacial score (nSPS) is 12.2. The molecule has 0 saturated carbocycles. The Hall–Kier alpha value is -3.02. The Morgan fingerprint density at radius 1 is 1.04 bits per heavy atom. The Balaban J connectivity index is 1.59. The van der Waals surface area contributed by atoms with Gasteiger partial charge in [-0.05, 0) is 34.4 Å². The number of hydrogen-bond acceptors (Lipinski definition) is 3. The third-order valence-corrected chi connectivity index (χ3v) is 3.89. The number of rotatable bonds is 5. The molecule has 0 fully saturated rings. The first-order valence-corrected chi connectivity index (χ1v) is 7.77. The van der Waals surface area contributed by atoms with Crippen LogP contribution in [0.15, 0.2) is 42.5 Å². The van der Waals surface area contributed by atoms with Crippen molar-refractivity contribution in [2.75, 3.05) is 13.2 Å². The number of fused-ring (bicyclic) bond motifs is 1. The lowest BCUT2D eigenvalue weighted by Gasteiger charge is -2.08. The van der Waals surface area contributed by atoms with E-state index < -0.39 is 6.03 Å². The number of carbonyl (C=O) groups excluding carboxylic acids is 2. The van der Waals surface area contributed by atoms with Crippen LogP contribution in [0.2, 0.25) is 0 Å². The molecule has 0 radical (unpaired) electrons. The predicted molar refractivity (Wildman–Crippen MR) is 90.5 cm³/mol. The summed E-state index contributed by atoms with van der Waals surface area (Å²) < 4.78 is 5.52. The van der Waals surface area contributed by atoms with Crippen LogP contribution in [0, 0.1) is 0 Å². The van der Waals surface area contributed by atoms with Gasteiger partial charge in [-0.2, -0.15) is 0 Å². The molecule has 6 nitrogen and oxygen atoms in total. The van der Waals surface area contributed by atoms with Crippen molar-refractivity contribution in [3.05, 3.63) is 53.6 Å². The number of carbonyl (C=O) groups is 2. The Bertz CT molecular complexity index is 757. The van der Waals surface area contributed by atoms with E-state index in [1.807, 2.05) is 30.3 Å². The maximum Gasteiger partial charge on any atom is 0.312 e. The van der Waals surface area contributed by atoms with Crippen LogP contribution >= 0.6 is 0 Å². The van der Waals surface area contributed by atoms with Crippen LogP contribution in [-0.4, -0.2) is 25.1 Å². The van der Waals surface area contributed by atoms with Crippen LogP contribution in [0.1, 0.15) is 11.1 Å². The van der Waals surface area contributed by atoms with E-state index in [1.165, 1.54) is 5.56 Å². The molecule has 0 bridgehead atoms. The van der Waals surface area contributed by atoms with Gasteiger partial charge in [0, 0.05) is 13.0 Å². The highest BCUT2D eigenvalue weighted by Crippen LogP contribution is 2.30. The number of ether oxygens (including phenoxy) is 1. The molecule has 24 heavy (non-hydrogen) atoms. The number of nitrogens with one attached hydrogen (secondary N) is 2. The molecule has 4 N–H and O–H groups in total. The van der Waals surface area contributed by atoms with Gasteiger partial charge in [0.2, 0.25) is 5.91 Å². The monoisotopic (exact) mass is 325 g/mol. The lowest BCUT2D eigenvalue weighted by molar-refractivity contribution is -0.120. The third kappa shape index (κ3) is 3.84. The Morgan fingerprint density at radius 3 is 2.54 bits per heavy atom. The van der Waals surface area contributed by atoms with Gasteiger partial charge in [0.25, 0.3) is 0 Å². The Kier molecular flexibility index (Phi) is 4.65. The van der Waals surface area contributed by atoms with Gasteiger partial charge >= 0.3 is 6.03 Å². The van der Waals surface area contributed by atoms with Gasteiger partial charge in [-0.15, -0.1) is 0 Å². The second-order valence-corrected chi connectivity index (χ2v) is 5.61. The summed E-state index contributed by atoms with van der Waals surface area (Å²) >= 11 is 0. The first-order chi connectivity index (χ1) is 11.6. The van der Waals surface area contributed by atoms with Gasteiger partial charge in [0.05, 0.1) is 13.2 Å². The average Bonchev–Trinajstić information content (AvgIpc) is 3.06. The van der Waals surface area contributed by atoms with Gasteiger partial charge in [-0.25, -0.2) is 4.79 Å². The van der Waals surface area contributed by atoms with E-state index in [0.29, 0.717) is 6.54 Å². The predicted octanol–water partition coefficient (Wildman–Crippen LogP) is 1.57. The van der Waals surface area contributed by atoms with Crippen LogP contribution in [0.25, 0.3) is 11.1 Å². The molecule has 3 amide bonds. The van der Waals surface area contributed by atoms with Crippen molar-refractivity contribution >= 4 is 11.9 Å². The molecule has 124 valence electrons. The molecule has 0 unspecified atom stereocenters. The zero-order valence-electron chi connectivity index (χ0n) is 13.2. The summed E-state index contributed by atoms with van der Waals surface area (Å²) in [6.07, 6.45) is 0.951. The van der Waals surface area contributed by atoms with Crippen molar-refractivity contribution in [3.63, 3.8) is 0 Å². The quantitative estimate of drug-likeness (QED) is 0.779. The second kappa shape index (κ2) is 7.04. The van der Waals surface area contributed by atoms with Crippen LogP contribution < -0.4 is 21.1 Å². The van der Waals surface area contributed by atoms with E-state index >= 15 is 0 Å². The van der Waals surface area contributed by atoms with E-state index in [0.717, 1.165) is 35.5 Å². The molecular formula is C18H19N3O3. The highest BCUT2D eigenvalue weighted by molar-refractivity contribution is 5.83. The first-order valence-electron chi connectivity index (χ1n) is 7.77. The third-order valence-electron chi connectivity index (χ3n) is 3.89. The largest absolute Gasteiger partial charge is 0.493 e. The Morgan fingerprint density at radius 2 is 1.79 bits per heavy atom. The summed E-state index contributed by atoms with van der Waals surface area (Å²) in [6.45, 7) is 1.03. The molecule has 0 spiro atoms. The van der Waals surface area contributed by atoms with Crippen LogP contribution in [0.4, 0.5) is 4.79 Å². The first kappa shape index (κ1) is 15.9. The number of nitrogens with two attached hydrogens (primary N) is 1. The topological polar surface area (TPSA) is 93.5 Å². The fourth-order valence-corrected chi connectivity index (χ4v) is 2.61. The van der Waals surface area contributed by atoms with Crippen molar-refractivity contribution in [1.29, 1.82) is 0 Å². The fraction of sp³-hybridized carbons (Fsp3) is 0.222. The zero-order chi connectivity index (χ0) is 16.9.